The highest BCUT2D eigenvalue weighted by atomic mass is 32.2. The molecule has 0 radical (unpaired) electrons. The first kappa shape index (κ1) is 37.9. The molecule has 0 spiro atoms. The lowest BCUT2D eigenvalue weighted by Gasteiger charge is -2.30. The molecule has 2 heterocycles. The normalized spacial score (nSPS) is 17.9. The molecular weight excluding hydrogens is 694 g/mol. The van der Waals surface area contributed by atoms with Crippen molar-refractivity contribution in [3.63, 3.8) is 0 Å². The Morgan fingerprint density at radius 1 is 1.04 bits per heavy atom. The van der Waals surface area contributed by atoms with E-state index in [-0.39, 0.29) is 48.9 Å². The van der Waals surface area contributed by atoms with Crippen LogP contribution in [0.3, 0.4) is 0 Å². The fraction of sp³-hybridized carbons (Fsp3) is 0.500. The van der Waals surface area contributed by atoms with Gasteiger partial charge in [-0.05, 0) is 86.6 Å². The second kappa shape index (κ2) is 16.3. The first-order valence-corrected chi connectivity index (χ1v) is 19.6. The van der Waals surface area contributed by atoms with Gasteiger partial charge in [0.15, 0.2) is 0 Å². The molecule has 1 saturated carbocycles. The number of carbonyl (C=O) groups is 1. The average molecular weight is 738 g/mol. The number of carbonyl (C=O) groups excluding carboxylic acids is 1. The Morgan fingerprint density at radius 2 is 1.74 bits per heavy atom. The third-order valence-corrected chi connectivity index (χ3v) is 11.2. The fourth-order valence-electron chi connectivity index (χ4n) is 6.45. The minimum absolute atomic E-state index is 0.00106. The zero-order valence-electron chi connectivity index (χ0n) is 28.8. The second-order valence-electron chi connectivity index (χ2n) is 12.1. The average Bonchev–Trinajstić information content (AvgIpc) is 3.38. The van der Waals surface area contributed by atoms with Crippen LogP contribution >= 0.6 is 19.4 Å². The maximum atomic E-state index is 14.3. The van der Waals surface area contributed by atoms with Crippen molar-refractivity contribution in [2.24, 2.45) is 0 Å². The van der Waals surface area contributed by atoms with Crippen LogP contribution in [0.5, 0.6) is 5.75 Å². The number of fused-ring (bicyclic) bond motifs is 1. The van der Waals surface area contributed by atoms with Gasteiger partial charge in [-0.25, -0.2) is 4.98 Å². The van der Waals surface area contributed by atoms with Gasteiger partial charge in [0.25, 0.3) is 5.91 Å². The molecule has 1 aliphatic carbocycles. The highest BCUT2D eigenvalue weighted by Gasteiger charge is 2.38. The van der Waals surface area contributed by atoms with Crippen LogP contribution in [0.25, 0.3) is 0 Å². The summed E-state index contributed by atoms with van der Waals surface area (Å²) in [6, 6.07) is 8.51. The summed E-state index contributed by atoms with van der Waals surface area (Å²) in [4.78, 5) is 23.1. The second-order valence-corrected chi connectivity index (χ2v) is 15.0. The maximum absolute atomic E-state index is 14.3. The van der Waals surface area contributed by atoms with E-state index in [0.717, 1.165) is 36.8 Å². The number of halogens is 3. The Hall–Kier alpha value is -3.36. The molecule has 1 fully saturated rings. The summed E-state index contributed by atoms with van der Waals surface area (Å²) in [6.07, 6.45) is 1.73. The number of hydrogen-bond acceptors (Lipinski definition) is 11. The molecule has 0 bridgehead atoms. The summed E-state index contributed by atoms with van der Waals surface area (Å²) in [5.41, 5.74) is 2.33. The van der Waals surface area contributed by atoms with Crippen LogP contribution in [0.4, 0.5) is 36.3 Å². The molecule has 50 heavy (non-hydrogen) atoms. The van der Waals surface area contributed by atoms with Crippen molar-refractivity contribution >= 4 is 48.4 Å². The van der Waals surface area contributed by atoms with Crippen molar-refractivity contribution in [2.45, 2.75) is 70.4 Å². The SMILES string of the molecule is CCOP(=O)(Cc1ccc(Nc2ncc(C(F)(F)F)c(Nc3ccc(C4CCC(OCSC)CC4)c4c3C(=O)N(C)C4)n2)c(OC)c1)OCC. The molecule has 2 N–H and O–H groups in total. The number of alkyl halides is 3. The molecule has 0 saturated heterocycles. The first-order valence-electron chi connectivity index (χ1n) is 16.4. The van der Waals surface area contributed by atoms with Gasteiger partial charge >= 0.3 is 13.8 Å². The van der Waals surface area contributed by atoms with E-state index in [1.165, 1.54) is 7.11 Å². The molecule has 1 aliphatic heterocycles. The lowest BCUT2D eigenvalue weighted by Crippen LogP contribution is -2.21. The predicted molar refractivity (Wildman–Crippen MR) is 188 cm³/mol. The van der Waals surface area contributed by atoms with Crippen molar-refractivity contribution in [1.82, 2.24) is 14.9 Å². The topological polar surface area (TPSA) is 124 Å². The van der Waals surface area contributed by atoms with Gasteiger partial charge < -0.3 is 34.1 Å². The van der Waals surface area contributed by atoms with Crippen LogP contribution in [0.15, 0.2) is 36.5 Å². The van der Waals surface area contributed by atoms with Gasteiger partial charge in [-0.2, -0.15) is 18.2 Å². The van der Waals surface area contributed by atoms with Crippen molar-refractivity contribution in [1.29, 1.82) is 0 Å². The number of nitrogens with one attached hydrogen (secondary N) is 2. The summed E-state index contributed by atoms with van der Waals surface area (Å²) in [6.45, 7) is 4.24. The molecule has 0 atom stereocenters. The van der Waals surface area contributed by atoms with Crippen LogP contribution < -0.4 is 15.4 Å². The number of ether oxygens (including phenoxy) is 2. The van der Waals surface area contributed by atoms with Gasteiger partial charge in [0, 0.05) is 19.8 Å². The molecule has 272 valence electrons. The van der Waals surface area contributed by atoms with Crippen molar-refractivity contribution in [3.8, 4) is 5.75 Å². The molecule has 2 aromatic carbocycles. The number of anilines is 4. The summed E-state index contributed by atoms with van der Waals surface area (Å²) in [5.74, 6) is 0.260. The van der Waals surface area contributed by atoms with Gasteiger partial charge in [0.2, 0.25) is 5.95 Å². The van der Waals surface area contributed by atoms with E-state index >= 15 is 0 Å². The zero-order valence-corrected chi connectivity index (χ0v) is 30.5. The van der Waals surface area contributed by atoms with E-state index in [0.29, 0.717) is 41.2 Å². The lowest BCUT2D eigenvalue weighted by molar-refractivity contribution is -0.137. The van der Waals surface area contributed by atoms with Crippen LogP contribution in [0.2, 0.25) is 0 Å². The maximum Gasteiger partial charge on any atom is 0.421 e. The molecule has 1 amide bonds. The van der Waals surface area contributed by atoms with E-state index in [1.54, 1.807) is 61.8 Å². The van der Waals surface area contributed by atoms with Crippen molar-refractivity contribution in [3.05, 3.63) is 64.3 Å². The van der Waals surface area contributed by atoms with Crippen LogP contribution in [-0.4, -0.2) is 66.4 Å². The number of thioether (sulfide) groups is 1. The molecule has 3 aromatic rings. The van der Waals surface area contributed by atoms with Crippen LogP contribution in [0.1, 0.15) is 78.1 Å². The first-order chi connectivity index (χ1) is 23.9. The Bertz CT molecular complexity index is 1710. The minimum atomic E-state index is -4.78. The largest absolute Gasteiger partial charge is 0.495 e. The highest BCUT2D eigenvalue weighted by Crippen LogP contribution is 2.52. The quantitative estimate of drug-likeness (QED) is 0.115. The molecule has 0 unspecified atom stereocenters. The van der Waals surface area contributed by atoms with E-state index < -0.39 is 25.2 Å². The smallest absolute Gasteiger partial charge is 0.421 e. The van der Waals surface area contributed by atoms with E-state index in [9.17, 15) is 22.5 Å². The fourth-order valence-corrected chi connectivity index (χ4v) is 8.46. The molecule has 16 heteroatoms. The summed E-state index contributed by atoms with van der Waals surface area (Å²) in [5, 5.41) is 5.77. The molecular formula is C34H43F3N5O6PS. The predicted octanol–water partition coefficient (Wildman–Crippen LogP) is 8.71. The summed E-state index contributed by atoms with van der Waals surface area (Å²) in [7, 11) is -0.283. The molecule has 11 nitrogen and oxygen atoms in total. The summed E-state index contributed by atoms with van der Waals surface area (Å²) < 4.78 is 78.1. The van der Waals surface area contributed by atoms with Gasteiger partial charge in [0.1, 0.15) is 17.1 Å². The van der Waals surface area contributed by atoms with E-state index in [4.69, 9.17) is 18.5 Å². The van der Waals surface area contributed by atoms with Gasteiger partial charge in [-0.15, -0.1) is 11.8 Å². The zero-order chi connectivity index (χ0) is 36.1. The van der Waals surface area contributed by atoms with Crippen LogP contribution in [-0.2, 0) is 37.2 Å². The number of hydrogen-bond donors (Lipinski definition) is 2. The van der Waals surface area contributed by atoms with Gasteiger partial charge in [-0.3, -0.25) is 9.36 Å². The standard InChI is InChI=1S/C34H43F3N5O6PS/c1-6-47-49(44,48-7-2)19-21-8-14-27(29(16-21)45-4)40-33-38-17-26(34(35,36)37)31(41-33)39-28-15-13-24(25-18-42(3)32(43)30(25)28)22-9-11-23(12-10-22)46-20-50-5/h8,13-17,22-23H,6-7,9-12,18-20H2,1-5H3,(H2,38,39,40,41). The third kappa shape index (κ3) is 8.74. The molecule has 1 aromatic heterocycles. The highest BCUT2D eigenvalue weighted by molar-refractivity contribution is 7.98. The number of methoxy groups -OCH3 is 1. The van der Waals surface area contributed by atoms with E-state index in [1.807, 2.05) is 12.3 Å². The summed E-state index contributed by atoms with van der Waals surface area (Å²) >= 11 is 1.64. The van der Waals surface area contributed by atoms with E-state index in [2.05, 4.69) is 20.6 Å². The van der Waals surface area contributed by atoms with Crippen LogP contribution in [0, 0.1) is 0 Å². The number of nitrogens with zero attached hydrogens (tertiary/aromatic N) is 3. The number of amides is 1. The third-order valence-electron chi connectivity index (χ3n) is 8.73. The van der Waals surface area contributed by atoms with Crippen molar-refractivity contribution in [2.75, 3.05) is 50.2 Å². The minimum Gasteiger partial charge on any atom is -0.495 e. The Kier molecular flexibility index (Phi) is 12.4. The lowest BCUT2D eigenvalue weighted by atomic mass is 9.80. The Labute approximate surface area is 294 Å². The Morgan fingerprint density at radius 3 is 2.38 bits per heavy atom. The number of aromatic nitrogens is 2. The monoisotopic (exact) mass is 737 g/mol. The molecule has 2 aliphatic rings. The van der Waals surface area contributed by atoms with Crippen molar-refractivity contribution < 1.29 is 41.1 Å². The number of rotatable bonds is 15. The van der Waals surface area contributed by atoms with Gasteiger partial charge in [-0.1, -0.05) is 12.1 Å². The van der Waals surface area contributed by atoms with Gasteiger partial charge in [0.05, 0.1) is 55.5 Å². The number of benzene rings is 2. The molecule has 5 rings (SSSR count). The Balaban J connectivity index is 1.43.